The lowest BCUT2D eigenvalue weighted by molar-refractivity contribution is 0.203. The molecule has 0 bridgehead atoms. The molecular weight excluding hydrogens is 300 g/mol. The number of nitrogens with one attached hydrogen (secondary N) is 1. The molecule has 1 spiro atoms. The van der Waals surface area contributed by atoms with Crippen LogP contribution in [0.25, 0.3) is 0 Å². The quantitative estimate of drug-likeness (QED) is 0.668. The minimum absolute atomic E-state index is 0.559. The first kappa shape index (κ1) is 15.9. The Morgan fingerprint density at radius 2 is 1.96 bits per heavy atom. The van der Waals surface area contributed by atoms with Crippen molar-refractivity contribution in [3.8, 4) is 0 Å². The summed E-state index contributed by atoms with van der Waals surface area (Å²) in [5.74, 6) is 3.23. The third-order valence-electron chi connectivity index (χ3n) is 6.20. The number of hydrogen-bond acceptors (Lipinski definition) is 3. The van der Waals surface area contributed by atoms with Crippen LogP contribution >= 0.6 is 0 Å². The van der Waals surface area contributed by atoms with Gasteiger partial charge in [-0.05, 0) is 37.5 Å². The molecule has 24 heavy (non-hydrogen) atoms. The van der Waals surface area contributed by atoms with E-state index in [0.29, 0.717) is 5.41 Å². The molecule has 3 aliphatic rings. The van der Waals surface area contributed by atoms with Crippen molar-refractivity contribution in [2.24, 2.45) is 10.4 Å². The van der Waals surface area contributed by atoms with Gasteiger partial charge >= 0.3 is 0 Å². The molecule has 1 aromatic rings. The van der Waals surface area contributed by atoms with Gasteiger partial charge in [-0.2, -0.15) is 0 Å². The number of aryl methyl sites for hydroxylation is 1. The second-order valence-corrected chi connectivity index (χ2v) is 7.77. The van der Waals surface area contributed by atoms with Crippen molar-refractivity contribution in [1.82, 2.24) is 25.0 Å². The molecule has 0 atom stereocenters. The zero-order valence-electron chi connectivity index (χ0n) is 14.9. The van der Waals surface area contributed by atoms with E-state index in [1.54, 1.807) is 0 Å². The molecule has 0 radical (unpaired) electrons. The Labute approximate surface area is 144 Å². The Kier molecular flexibility index (Phi) is 4.46. The smallest absolute Gasteiger partial charge is 0.194 e. The van der Waals surface area contributed by atoms with Crippen LogP contribution in [-0.4, -0.2) is 45.8 Å². The topological polar surface area (TPSA) is 58.3 Å². The number of fused-ring (bicyclic) bond motifs is 1. The summed E-state index contributed by atoms with van der Waals surface area (Å²) in [5, 5.41) is 12.3. The van der Waals surface area contributed by atoms with E-state index in [1.165, 1.54) is 57.9 Å². The van der Waals surface area contributed by atoms with E-state index >= 15 is 0 Å². The van der Waals surface area contributed by atoms with Crippen LogP contribution < -0.4 is 5.32 Å². The summed E-state index contributed by atoms with van der Waals surface area (Å²) in [4.78, 5) is 6.99. The maximum atomic E-state index is 4.53. The van der Waals surface area contributed by atoms with Gasteiger partial charge in [0.1, 0.15) is 5.82 Å². The zero-order chi connectivity index (χ0) is 16.4. The molecule has 0 amide bonds. The predicted octanol–water partition coefficient (Wildman–Crippen LogP) is 2.35. The molecule has 3 heterocycles. The summed E-state index contributed by atoms with van der Waals surface area (Å²) in [6.45, 7) is 4.09. The summed E-state index contributed by atoms with van der Waals surface area (Å²) < 4.78 is 2.29. The van der Waals surface area contributed by atoms with Crippen molar-refractivity contribution in [2.45, 2.75) is 70.9 Å². The van der Waals surface area contributed by atoms with Gasteiger partial charge in [0, 0.05) is 33.1 Å². The molecule has 0 aromatic carbocycles. The van der Waals surface area contributed by atoms with Crippen molar-refractivity contribution >= 4 is 5.96 Å². The van der Waals surface area contributed by atoms with Gasteiger partial charge in [-0.1, -0.05) is 19.3 Å². The van der Waals surface area contributed by atoms with Crippen LogP contribution in [0.5, 0.6) is 0 Å². The lowest BCUT2D eigenvalue weighted by Gasteiger charge is -2.33. The molecule has 6 heteroatoms. The first-order chi connectivity index (χ1) is 11.8. The fraction of sp³-hybridized carbons (Fsp3) is 0.833. The summed E-state index contributed by atoms with van der Waals surface area (Å²) in [7, 11) is 1.90. The number of aliphatic imine (C=N–C) groups is 1. The average Bonchev–Trinajstić information content (AvgIpc) is 3.21. The molecule has 4 rings (SSSR count). The fourth-order valence-corrected chi connectivity index (χ4v) is 4.82. The zero-order valence-corrected chi connectivity index (χ0v) is 14.9. The summed E-state index contributed by atoms with van der Waals surface area (Å²) in [6.07, 6.45) is 11.9. The monoisotopic (exact) mass is 330 g/mol. The number of nitrogens with zero attached hydrogens (tertiary/aromatic N) is 5. The normalized spacial score (nSPS) is 23.5. The predicted molar refractivity (Wildman–Crippen MR) is 94.9 cm³/mol. The third kappa shape index (κ3) is 3.03. The first-order valence-corrected chi connectivity index (χ1v) is 9.66. The Hall–Kier alpha value is -1.59. The van der Waals surface area contributed by atoms with E-state index in [9.17, 15) is 0 Å². The molecule has 1 saturated carbocycles. The molecule has 1 N–H and O–H groups in total. The molecule has 1 aromatic heterocycles. The molecule has 1 aliphatic carbocycles. The van der Waals surface area contributed by atoms with Crippen LogP contribution in [0.2, 0.25) is 0 Å². The SMILES string of the molecule is CN=C(NCc1nnc2n1CCCC2)N1CCC2(CCCCC2)C1. The minimum Gasteiger partial charge on any atom is -0.349 e. The minimum atomic E-state index is 0.559. The van der Waals surface area contributed by atoms with Crippen LogP contribution in [0.15, 0.2) is 4.99 Å². The van der Waals surface area contributed by atoms with E-state index in [2.05, 4.69) is 30.0 Å². The number of rotatable bonds is 2. The third-order valence-corrected chi connectivity index (χ3v) is 6.20. The maximum absolute atomic E-state index is 4.53. The van der Waals surface area contributed by atoms with Gasteiger partial charge < -0.3 is 14.8 Å². The lowest BCUT2D eigenvalue weighted by Crippen LogP contribution is -2.41. The Bertz CT molecular complexity index is 599. The number of likely N-dealkylation sites (tertiary alicyclic amines) is 1. The van der Waals surface area contributed by atoms with Crippen molar-refractivity contribution in [2.75, 3.05) is 20.1 Å². The standard InChI is InChI=1S/C18H30N6/c1-19-17(23-12-10-18(14-23)8-4-2-5-9-18)20-13-16-22-21-15-7-3-6-11-24(15)16/h2-14H2,1H3,(H,19,20). The fourth-order valence-electron chi connectivity index (χ4n) is 4.82. The molecule has 2 aliphatic heterocycles. The van der Waals surface area contributed by atoms with Gasteiger partial charge in [0.15, 0.2) is 11.8 Å². The largest absolute Gasteiger partial charge is 0.349 e. The Balaban J connectivity index is 1.38. The lowest BCUT2D eigenvalue weighted by atomic mass is 9.73. The summed E-state index contributed by atoms with van der Waals surface area (Å²) >= 11 is 0. The van der Waals surface area contributed by atoms with Gasteiger partial charge in [0.25, 0.3) is 0 Å². The Morgan fingerprint density at radius 3 is 2.79 bits per heavy atom. The summed E-state index contributed by atoms with van der Waals surface area (Å²) in [5.41, 5.74) is 0.559. The van der Waals surface area contributed by atoms with E-state index in [-0.39, 0.29) is 0 Å². The van der Waals surface area contributed by atoms with Crippen LogP contribution in [-0.2, 0) is 19.5 Å². The van der Waals surface area contributed by atoms with Gasteiger partial charge in [0.05, 0.1) is 6.54 Å². The van der Waals surface area contributed by atoms with Crippen molar-refractivity contribution in [1.29, 1.82) is 0 Å². The van der Waals surface area contributed by atoms with E-state index in [1.807, 2.05) is 7.05 Å². The molecular formula is C18H30N6. The highest BCUT2D eigenvalue weighted by Gasteiger charge is 2.39. The first-order valence-electron chi connectivity index (χ1n) is 9.66. The van der Waals surface area contributed by atoms with Gasteiger partial charge in [-0.25, -0.2) is 0 Å². The molecule has 132 valence electrons. The maximum Gasteiger partial charge on any atom is 0.194 e. The highest BCUT2D eigenvalue weighted by molar-refractivity contribution is 5.80. The van der Waals surface area contributed by atoms with Crippen LogP contribution in [0.3, 0.4) is 0 Å². The van der Waals surface area contributed by atoms with Crippen molar-refractivity contribution < 1.29 is 0 Å². The highest BCUT2D eigenvalue weighted by Crippen LogP contribution is 2.43. The van der Waals surface area contributed by atoms with Crippen LogP contribution in [0.1, 0.15) is 63.0 Å². The average molecular weight is 330 g/mol. The second kappa shape index (κ2) is 6.73. The van der Waals surface area contributed by atoms with Crippen molar-refractivity contribution in [3.05, 3.63) is 11.6 Å². The molecule has 1 saturated heterocycles. The number of guanidine groups is 1. The van der Waals surface area contributed by atoms with E-state index in [0.717, 1.165) is 43.7 Å². The van der Waals surface area contributed by atoms with E-state index in [4.69, 9.17) is 0 Å². The van der Waals surface area contributed by atoms with Crippen molar-refractivity contribution in [3.63, 3.8) is 0 Å². The van der Waals surface area contributed by atoms with Gasteiger partial charge in [-0.15, -0.1) is 10.2 Å². The molecule has 6 nitrogen and oxygen atoms in total. The van der Waals surface area contributed by atoms with Gasteiger partial charge in [0.2, 0.25) is 0 Å². The molecule has 0 unspecified atom stereocenters. The van der Waals surface area contributed by atoms with Crippen LogP contribution in [0, 0.1) is 5.41 Å². The number of aromatic nitrogens is 3. The Morgan fingerprint density at radius 1 is 1.08 bits per heavy atom. The van der Waals surface area contributed by atoms with E-state index < -0.39 is 0 Å². The van der Waals surface area contributed by atoms with Crippen LogP contribution in [0.4, 0.5) is 0 Å². The second-order valence-electron chi connectivity index (χ2n) is 7.77. The number of hydrogen-bond donors (Lipinski definition) is 1. The molecule has 2 fully saturated rings. The summed E-state index contributed by atoms with van der Waals surface area (Å²) in [6, 6.07) is 0. The highest BCUT2D eigenvalue weighted by atomic mass is 15.3. The van der Waals surface area contributed by atoms with Gasteiger partial charge in [-0.3, -0.25) is 4.99 Å².